The smallest absolute Gasteiger partial charge is 0.132 e. The first-order valence-corrected chi connectivity index (χ1v) is 27.5. The van der Waals surface area contributed by atoms with Crippen molar-refractivity contribution in [3.63, 3.8) is 0 Å². The van der Waals surface area contributed by atoms with Crippen molar-refractivity contribution in [1.82, 2.24) is 29.1 Å². The van der Waals surface area contributed by atoms with E-state index in [9.17, 15) is 0 Å². The summed E-state index contributed by atoms with van der Waals surface area (Å²) in [5.41, 5.74) is 22.1. The summed E-state index contributed by atoms with van der Waals surface area (Å²) in [5.74, 6) is 1.59. The Balaban J connectivity index is 0.993. The molecule has 2 spiro atoms. The number of hydrogen-bond acceptors (Lipinski definition) is 5. The van der Waals surface area contributed by atoms with Gasteiger partial charge in [-0.15, -0.1) is 0 Å². The first kappa shape index (κ1) is 44.6. The summed E-state index contributed by atoms with van der Waals surface area (Å²) in [5, 5.41) is 4.86. The first-order valence-electron chi connectivity index (χ1n) is 27.5. The molecule has 0 saturated heterocycles. The van der Waals surface area contributed by atoms with Crippen LogP contribution in [0.4, 0.5) is 0 Å². The number of ether oxygens (including phenoxy) is 1. The van der Waals surface area contributed by atoms with Crippen LogP contribution in [0, 0.1) is 0 Å². The zero-order chi connectivity index (χ0) is 52.9. The molecule has 0 N–H and O–H groups in total. The lowest BCUT2D eigenvalue weighted by atomic mass is 9.65. The minimum Gasteiger partial charge on any atom is -0.457 e. The summed E-state index contributed by atoms with van der Waals surface area (Å²) in [6.07, 6.45) is 7.90. The van der Waals surface area contributed by atoms with Crippen LogP contribution in [0.15, 0.2) is 207 Å². The molecule has 0 amide bonds. The lowest BCUT2D eigenvalue weighted by molar-refractivity contribution is 0.435. The molecule has 17 rings (SSSR count). The van der Waals surface area contributed by atoms with Gasteiger partial charge < -0.3 is 13.9 Å². The molecule has 1 aliphatic heterocycles. The summed E-state index contributed by atoms with van der Waals surface area (Å²) >= 11 is 0. The fraction of sp³-hybridized carbons (Fsp3) is 0.139. The van der Waals surface area contributed by atoms with Crippen LogP contribution in [0.5, 0.6) is 11.5 Å². The SMILES string of the molecule is CC(C)(C)c1ccc2c(c1)c1ccccc1n2-c1cnc2c(c1)C1(c3ccccc3Oc3cc4c(cc31)-c1ccccc1C41c3cccnc3-c3ncccc31)c1cc(-n3c4ccccc4c4cc(C(C)(C)C)ccc43)cnc1-2. The monoisotopic (exact) mass is 1020 g/mol. The summed E-state index contributed by atoms with van der Waals surface area (Å²) in [7, 11) is 0. The van der Waals surface area contributed by atoms with E-state index in [0.717, 1.165) is 112 Å². The number of nitrogens with zero attached hydrogens (tertiary/aromatic N) is 6. The quantitative estimate of drug-likeness (QED) is 0.173. The standard InChI is InChI=1S/C72H52N6O/c1-69(2,3)41-27-29-61-49(33-41)46-18-8-12-24-59(46)77(61)43-35-57-67(75-39-43)68-58(36-44(40-76-68)78-60-25-13-9-19-47(60)50-34-42(70(4,5)6)28-30-62(50)78)72(57)52-21-11-14-26-63(52)79-64-38-55-48(37-56(64)72)45-17-7-10-20-51(45)71(55)53-22-15-31-73-65(53)66-54(71)23-16-32-74-66/h7-40H,1-6H3. The minimum absolute atomic E-state index is 0.0202. The van der Waals surface area contributed by atoms with Crippen molar-refractivity contribution in [2.75, 3.05) is 0 Å². The van der Waals surface area contributed by atoms with Crippen LogP contribution >= 0.6 is 0 Å². The van der Waals surface area contributed by atoms with Gasteiger partial charge in [-0.05, 0) is 134 Å². The highest BCUT2D eigenvalue weighted by molar-refractivity contribution is 6.11. The van der Waals surface area contributed by atoms with Crippen LogP contribution in [-0.2, 0) is 21.7 Å². The number of para-hydroxylation sites is 3. The summed E-state index contributed by atoms with van der Waals surface area (Å²) in [4.78, 5) is 21.3. The maximum absolute atomic E-state index is 7.43. The summed E-state index contributed by atoms with van der Waals surface area (Å²) in [6, 6.07) is 67.4. The fourth-order valence-electron chi connectivity index (χ4n) is 14.6. The minimum atomic E-state index is -0.953. The van der Waals surface area contributed by atoms with Gasteiger partial charge in [0.1, 0.15) is 11.5 Å². The van der Waals surface area contributed by atoms with Gasteiger partial charge in [-0.3, -0.25) is 19.9 Å². The molecule has 0 unspecified atom stereocenters. The Kier molecular flexibility index (Phi) is 8.58. The number of benzene rings is 7. The van der Waals surface area contributed by atoms with Gasteiger partial charge in [-0.1, -0.05) is 145 Å². The van der Waals surface area contributed by atoms with Gasteiger partial charge >= 0.3 is 0 Å². The molecule has 0 fully saturated rings. The van der Waals surface area contributed by atoms with E-state index in [1.54, 1.807) is 0 Å². The molecule has 79 heavy (non-hydrogen) atoms. The van der Waals surface area contributed by atoms with Crippen LogP contribution in [-0.4, -0.2) is 29.1 Å². The number of aromatic nitrogens is 6. The Morgan fingerprint density at radius 1 is 0.342 bits per heavy atom. The molecule has 13 aromatic rings. The summed E-state index contributed by atoms with van der Waals surface area (Å²) in [6.45, 7) is 13.7. The highest BCUT2D eigenvalue weighted by atomic mass is 16.5. The number of pyridine rings is 4. The van der Waals surface area contributed by atoms with Gasteiger partial charge in [0, 0.05) is 56.2 Å². The van der Waals surface area contributed by atoms with Crippen molar-refractivity contribution in [1.29, 1.82) is 0 Å². The Morgan fingerprint density at radius 3 is 1.38 bits per heavy atom. The molecule has 0 bridgehead atoms. The Hall–Kier alpha value is -9.46. The maximum Gasteiger partial charge on any atom is 0.132 e. The van der Waals surface area contributed by atoms with Gasteiger partial charge in [0.25, 0.3) is 0 Å². The largest absolute Gasteiger partial charge is 0.457 e. The first-order chi connectivity index (χ1) is 38.4. The predicted molar refractivity (Wildman–Crippen MR) is 317 cm³/mol. The lowest BCUT2D eigenvalue weighted by Crippen LogP contribution is -2.33. The molecule has 4 aliphatic rings. The van der Waals surface area contributed by atoms with Crippen LogP contribution in [0.25, 0.3) is 88.9 Å². The van der Waals surface area contributed by atoms with E-state index in [2.05, 4.69) is 245 Å². The number of fused-ring (bicyclic) bond motifs is 25. The molecule has 7 nitrogen and oxygen atoms in total. The van der Waals surface area contributed by atoms with Crippen molar-refractivity contribution in [3.8, 4) is 56.8 Å². The summed E-state index contributed by atoms with van der Waals surface area (Å²) < 4.78 is 12.3. The second-order valence-corrected chi connectivity index (χ2v) is 24.2. The molecule has 7 aromatic carbocycles. The number of rotatable bonds is 2. The second-order valence-electron chi connectivity index (χ2n) is 24.2. The van der Waals surface area contributed by atoms with E-state index in [-0.39, 0.29) is 10.8 Å². The molecule has 7 heteroatoms. The van der Waals surface area contributed by atoms with E-state index in [4.69, 9.17) is 24.7 Å². The van der Waals surface area contributed by atoms with E-state index in [1.165, 1.54) is 43.8 Å². The van der Waals surface area contributed by atoms with Crippen molar-refractivity contribution in [2.24, 2.45) is 0 Å². The zero-order valence-electron chi connectivity index (χ0n) is 44.7. The van der Waals surface area contributed by atoms with Crippen LogP contribution in [0.1, 0.15) is 97.2 Å². The van der Waals surface area contributed by atoms with Crippen molar-refractivity contribution in [2.45, 2.75) is 63.2 Å². The number of hydrogen-bond donors (Lipinski definition) is 0. The van der Waals surface area contributed by atoms with E-state index in [1.807, 2.05) is 12.4 Å². The topological polar surface area (TPSA) is 70.7 Å². The normalized spacial score (nSPS) is 14.8. The van der Waals surface area contributed by atoms with Crippen LogP contribution < -0.4 is 4.74 Å². The van der Waals surface area contributed by atoms with Gasteiger partial charge in [0.05, 0.1) is 79.4 Å². The van der Waals surface area contributed by atoms with Gasteiger partial charge in [0.2, 0.25) is 0 Å². The average molecular weight is 1020 g/mol. The third-order valence-corrected chi connectivity index (χ3v) is 18.1. The van der Waals surface area contributed by atoms with E-state index in [0.29, 0.717) is 0 Å². The lowest BCUT2D eigenvalue weighted by Gasteiger charge is -2.40. The third-order valence-electron chi connectivity index (χ3n) is 18.1. The molecule has 7 heterocycles. The van der Waals surface area contributed by atoms with E-state index < -0.39 is 10.8 Å². The molecule has 0 atom stereocenters. The zero-order valence-corrected chi connectivity index (χ0v) is 44.7. The van der Waals surface area contributed by atoms with Crippen molar-refractivity contribution >= 4 is 43.6 Å². The van der Waals surface area contributed by atoms with E-state index >= 15 is 0 Å². The third kappa shape index (κ3) is 5.61. The molecule has 3 aliphatic carbocycles. The average Bonchev–Trinajstić information content (AvgIpc) is 3.02. The van der Waals surface area contributed by atoms with Gasteiger partial charge in [-0.25, -0.2) is 0 Å². The molecule has 0 radical (unpaired) electrons. The Morgan fingerprint density at radius 2 is 0.810 bits per heavy atom. The predicted octanol–water partition coefficient (Wildman–Crippen LogP) is 16.9. The highest BCUT2D eigenvalue weighted by Crippen LogP contribution is 2.67. The van der Waals surface area contributed by atoms with Crippen LogP contribution in [0.2, 0.25) is 0 Å². The molecule has 0 saturated carbocycles. The highest BCUT2D eigenvalue weighted by Gasteiger charge is 2.57. The van der Waals surface area contributed by atoms with Crippen molar-refractivity contribution < 1.29 is 4.74 Å². The van der Waals surface area contributed by atoms with Crippen LogP contribution in [0.3, 0.4) is 0 Å². The molecule has 376 valence electrons. The Labute approximate surface area is 457 Å². The maximum atomic E-state index is 7.43. The molecular weight excluding hydrogens is 965 g/mol. The molecular formula is C72H52N6O. The second kappa shape index (κ2) is 15.2. The molecule has 6 aromatic heterocycles. The fourth-order valence-corrected chi connectivity index (χ4v) is 14.6. The van der Waals surface area contributed by atoms with Gasteiger partial charge in [-0.2, -0.15) is 0 Å². The Bertz CT molecular complexity index is 4640. The van der Waals surface area contributed by atoms with Gasteiger partial charge in [0.15, 0.2) is 0 Å². The van der Waals surface area contributed by atoms with Crippen molar-refractivity contribution in [3.05, 3.63) is 262 Å².